The highest BCUT2D eigenvalue weighted by Gasteiger charge is 2.21. The molecule has 25 heavy (non-hydrogen) atoms. The van der Waals surface area contributed by atoms with E-state index in [-0.39, 0.29) is 23.7 Å². The third-order valence-corrected chi connectivity index (χ3v) is 3.68. The number of amides is 2. The number of rotatable bonds is 4. The zero-order valence-corrected chi connectivity index (χ0v) is 14.4. The number of hydrogen-bond acceptors (Lipinski definition) is 3. The Morgan fingerprint density at radius 3 is 2.60 bits per heavy atom. The molecule has 0 aliphatic heterocycles. The van der Waals surface area contributed by atoms with Gasteiger partial charge in [0.1, 0.15) is 5.65 Å². The summed E-state index contributed by atoms with van der Waals surface area (Å²) in [6.07, 6.45) is 1.75. The normalized spacial score (nSPS) is 10.9. The van der Waals surface area contributed by atoms with E-state index in [1.807, 2.05) is 45.0 Å². The van der Waals surface area contributed by atoms with Crippen LogP contribution in [0.1, 0.15) is 40.3 Å². The summed E-state index contributed by atoms with van der Waals surface area (Å²) < 4.78 is 1.67. The molecule has 3 aromatic rings. The van der Waals surface area contributed by atoms with Crippen LogP contribution in [0.15, 0.2) is 48.7 Å². The second kappa shape index (κ2) is 6.76. The smallest absolute Gasteiger partial charge is 0.272 e. The van der Waals surface area contributed by atoms with Crippen molar-refractivity contribution >= 4 is 23.3 Å². The summed E-state index contributed by atoms with van der Waals surface area (Å²) in [6.45, 7) is 5.68. The molecular formula is C19H20N4O2. The number of carbonyl (C=O) groups is 2. The number of hydrogen-bond donors (Lipinski definition) is 2. The minimum absolute atomic E-state index is 0.0258. The van der Waals surface area contributed by atoms with Crippen LogP contribution >= 0.6 is 0 Å². The van der Waals surface area contributed by atoms with Crippen LogP contribution in [-0.4, -0.2) is 27.2 Å². The molecule has 0 atom stereocenters. The molecule has 0 unspecified atom stereocenters. The molecule has 2 amide bonds. The SMILES string of the molecule is Cc1cccc(C(=O)Nc2nc3ccccn3c2C(=O)NC(C)C)c1. The largest absolute Gasteiger partial charge is 0.348 e. The Balaban J connectivity index is 2.00. The maximum absolute atomic E-state index is 12.6. The van der Waals surface area contributed by atoms with Gasteiger partial charge in [-0.1, -0.05) is 23.8 Å². The van der Waals surface area contributed by atoms with Gasteiger partial charge in [0.05, 0.1) is 0 Å². The summed E-state index contributed by atoms with van der Waals surface area (Å²) in [5.41, 5.74) is 2.41. The Bertz CT molecular complexity index is 944. The molecule has 0 spiro atoms. The number of pyridine rings is 1. The second-order valence-corrected chi connectivity index (χ2v) is 6.19. The van der Waals surface area contributed by atoms with E-state index in [1.165, 1.54) is 0 Å². The molecule has 0 radical (unpaired) electrons. The lowest BCUT2D eigenvalue weighted by molar-refractivity contribution is 0.0938. The van der Waals surface area contributed by atoms with Gasteiger partial charge in [-0.2, -0.15) is 0 Å². The summed E-state index contributed by atoms with van der Waals surface area (Å²) in [5, 5.41) is 5.61. The minimum Gasteiger partial charge on any atom is -0.348 e. The van der Waals surface area contributed by atoms with E-state index in [1.54, 1.807) is 28.8 Å². The van der Waals surface area contributed by atoms with Crippen molar-refractivity contribution in [3.63, 3.8) is 0 Å². The maximum atomic E-state index is 12.6. The zero-order valence-electron chi connectivity index (χ0n) is 14.4. The third kappa shape index (κ3) is 3.52. The lowest BCUT2D eigenvalue weighted by atomic mass is 10.1. The van der Waals surface area contributed by atoms with E-state index >= 15 is 0 Å². The monoisotopic (exact) mass is 336 g/mol. The van der Waals surface area contributed by atoms with Gasteiger partial charge in [-0.05, 0) is 45.0 Å². The number of fused-ring (bicyclic) bond motifs is 1. The third-order valence-electron chi connectivity index (χ3n) is 3.68. The quantitative estimate of drug-likeness (QED) is 0.769. The molecule has 6 heteroatoms. The zero-order chi connectivity index (χ0) is 18.0. The molecule has 128 valence electrons. The first kappa shape index (κ1) is 16.7. The molecule has 2 heterocycles. The molecule has 0 aliphatic carbocycles. The van der Waals surface area contributed by atoms with Crippen molar-refractivity contribution in [3.8, 4) is 0 Å². The summed E-state index contributed by atoms with van der Waals surface area (Å²) in [5.74, 6) is -0.338. The van der Waals surface area contributed by atoms with Gasteiger partial charge in [0.15, 0.2) is 11.5 Å². The van der Waals surface area contributed by atoms with Gasteiger partial charge in [0, 0.05) is 17.8 Å². The highest BCUT2D eigenvalue weighted by molar-refractivity contribution is 6.08. The molecule has 3 rings (SSSR count). The number of nitrogens with zero attached hydrogens (tertiary/aromatic N) is 2. The minimum atomic E-state index is -0.300. The topological polar surface area (TPSA) is 75.5 Å². The van der Waals surface area contributed by atoms with E-state index in [0.717, 1.165) is 5.56 Å². The summed E-state index contributed by atoms with van der Waals surface area (Å²) in [7, 11) is 0. The molecule has 2 aromatic heterocycles. The highest BCUT2D eigenvalue weighted by atomic mass is 16.2. The van der Waals surface area contributed by atoms with Gasteiger partial charge in [-0.3, -0.25) is 14.0 Å². The number of nitrogens with one attached hydrogen (secondary N) is 2. The Morgan fingerprint density at radius 1 is 1.08 bits per heavy atom. The van der Waals surface area contributed by atoms with Crippen molar-refractivity contribution in [2.75, 3.05) is 5.32 Å². The summed E-state index contributed by atoms with van der Waals surface area (Å²) in [6, 6.07) is 12.7. The Labute approximate surface area is 145 Å². The first-order valence-electron chi connectivity index (χ1n) is 8.11. The van der Waals surface area contributed by atoms with E-state index in [2.05, 4.69) is 15.6 Å². The number of aromatic nitrogens is 2. The van der Waals surface area contributed by atoms with Gasteiger partial charge < -0.3 is 10.6 Å². The lowest BCUT2D eigenvalue weighted by Crippen LogP contribution is -2.32. The molecule has 1 aromatic carbocycles. The number of imidazole rings is 1. The average molecular weight is 336 g/mol. The van der Waals surface area contributed by atoms with Crippen LogP contribution in [0.25, 0.3) is 5.65 Å². The van der Waals surface area contributed by atoms with Gasteiger partial charge in [0.25, 0.3) is 11.8 Å². The lowest BCUT2D eigenvalue weighted by Gasteiger charge is -2.10. The molecule has 0 saturated heterocycles. The first-order chi connectivity index (χ1) is 12.0. The molecule has 0 aliphatic rings. The Morgan fingerprint density at radius 2 is 1.88 bits per heavy atom. The van der Waals surface area contributed by atoms with Crippen molar-refractivity contribution in [1.82, 2.24) is 14.7 Å². The van der Waals surface area contributed by atoms with Crippen molar-refractivity contribution in [1.29, 1.82) is 0 Å². The average Bonchev–Trinajstić information content (AvgIpc) is 2.92. The Kier molecular flexibility index (Phi) is 4.52. The van der Waals surface area contributed by atoms with Crippen LogP contribution in [0.4, 0.5) is 5.82 Å². The molecule has 6 nitrogen and oxygen atoms in total. The van der Waals surface area contributed by atoms with Crippen LogP contribution < -0.4 is 10.6 Å². The van der Waals surface area contributed by atoms with Crippen molar-refractivity contribution in [2.45, 2.75) is 26.8 Å². The number of anilines is 1. The molecular weight excluding hydrogens is 316 g/mol. The highest BCUT2D eigenvalue weighted by Crippen LogP contribution is 2.19. The van der Waals surface area contributed by atoms with E-state index < -0.39 is 0 Å². The predicted octanol–water partition coefficient (Wildman–Crippen LogP) is 3.03. The standard InChI is InChI=1S/C19H20N4O2/c1-12(2)20-19(25)16-17(21-15-9-4-5-10-23(15)16)22-18(24)14-8-6-7-13(3)11-14/h4-12H,1-3H3,(H,20,25)(H,22,24). The maximum Gasteiger partial charge on any atom is 0.272 e. The van der Waals surface area contributed by atoms with Crippen LogP contribution in [0, 0.1) is 6.92 Å². The van der Waals surface area contributed by atoms with Crippen molar-refractivity contribution in [3.05, 3.63) is 65.5 Å². The van der Waals surface area contributed by atoms with Crippen molar-refractivity contribution < 1.29 is 9.59 Å². The van der Waals surface area contributed by atoms with Gasteiger partial charge in [-0.15, -0.1) is 0 Å². The van der Waals surface area contributed by atoms with Gasteiger partial charge in [-0.25, -0.2) is 4.98 Å². The fourth-order valence-corrected chi connectivity index (χ4v) is 2.60. The van der Waals surface area contributed by atoms with Crippen LogP contribution in [0.3, 0.4) is 0 Å². The fraction of sp³-hybridized carbons (Fsp3) is 0.211. The first-order valence-corrected chi connectivity index (χ1v) is 8.11. The molecule has 2 N–H and O–H groups in total. The fourth-order valence-electron chi connectivity index (χ4n) is 2.60. The van der Waals surface area contributed by atoms with E-state index in [0.29, 0.717) is 16.9 Å². The number of benzene rings is 1. The summed E-state index contributed by atoms with van der Waals surface area (Å²) in [4.78, 5) is 29.5. The Hall–Kier alpha value is -3.15. The van der Waals surface area contributed by atoms with Gasteiger partial charge >= 0.3 is 0 Å². The van der Waals surface area contributed by atoms with Crippen LogP contribution in [0.2, 0.25) is 0 Å². The van der Waals surface area contributed by atoms with E-state index in [9.17, 15) is 9.59 Å². The molecule has 0 saturated carbocycles. The molecule has 0 fully saturated rings. The molecule has 0 bridgehead atoms. The second-order valence-electron chi connectivity index (χ2n) is 6.19. The number of carbonyl (C=O) groups excluding carboxylic acids is 2. The van der Waals surface area contributed by atoms with Gasteiger partial charge in [0.2, 0.25) is 0 Å². The predicted molar refractivity (Wildman–Crippen MR) is 96.9 cm³/mol. The van der Waals surface area contributed by atoms with E-state index in [4.69, 9.17) is 0 Å². The van der Waals surface area contributed by atoms with Crippen LogP contribution in [0.5, 0.6) is 0 Å². The number of aryl methyl sites for hydroxylation is 1. The summed E-state index contributed by atoms with van der Waals surface area (Å²) >= 11 is 0. The van der Waals surface area contributed by atoms with Crippen LogP contribution in [-0.2, 0) is 0 Å². The van der Waals surface area contributed by atoms with Crippen molar-refractivity contribution in [2.24, 2.45) is 0 Å².